The predicted octanol–water partition coefficient (Wildman–Crippen LogP) is 5.22. The summed E-state index contributed by atoms with van der Waals surface area (Å²) in [6, 6.07) is 7.36. The fourth-order valence-electron chi connectivity index (χ4n) is 3.24. The zero-order valence-electron chi connectivity index (χ0n) is 17.4. The Morgan fingerprint density at radius 3 is 2.26 bits per heavy atom. The summed E-state index contributed by atoms with van der Waals surface area (Å²) in [7, 11) is 2.83. The van der Waals surface area contributed by atoms with E-state index in [0.717, 1.165) is 31.0 Å². The molecule has 0 fully saturated rings. The van der Waals surface area contributed by atoms with Crippen LogP contribution in [0.3, 0.4) is 0 Å². The lowest BCUT2D eigenvalue weighted by Crippen LogP contribution is -2.03. The second-order valence-corrected chi connectivity index (χ2v) is 7.76. The van der Waals surface area contributed by atoms with Crippen molar-refractivity contribution >= 4 is 26.9 Å². The van der Waals surface area contributed by atoms with Crippen molar-refractivity contribution in [2.24, 2.45) is 0 Å². The summed E-state index contributed by atoms with van der Waals surface area (Å²) >= 11 is 3.41. The van der Waals surface area contributed by atoms with Crippen LogP contribution in [0.1, 0.15) is 25.7 Å². The quantitative estimate of drug-likeness (QED) is 0.295. The van der Waals surface area contributed by atoms with E-state index in [4.69, 9.17) is 18.6 Å². The minimum absolute atomic E-state index is 0.0751. The standard InChI is InChI=1S/C23H25BrO7/c1-28-20-9-14(10-21(29-2)23(20)27)18-13-17(26)22-16(25)11-15(12-19(22)31-18)30-8-6-4-3-5-7-24/h9-13,25,27H,3-8H2,1-2H3. The minimum atomic E-state index is -0.402. The second-order valence-electron chi connectivity index (χ2n) is 6.97. The van der Waals surface area contributed by atoms with Gasteiger partial charge in [0.25, 0.3) is 0 Å². The lowest BCUT2D eigenvalue weighted by atomic mass is 10.1. The molecule has 0 bridgehead atoms. The number of alkyl halides is 1. The van der Waals surface area contributed by atoms with E-state index in [0.29, 0.717) is 17.9 Å². The van der Waals surface area contributed by atoms with E-state index >= 15 is 0 Å². The van der Waals surface area contributed by atoms with Crippen molar-refractivity contribution in [3.63, 3.8) is 0 Å². The number of hydrogen-bond donors (Lipinski definition) is 2. The zero-order valence-corrected chi connectivity index (χ0v) is 19.0. The lowest BCUT2D eigenvalue weighted by Gasteiger charge is -2.12. The molecule has 8 heteroatoms. The molecule has 2 N–H and O–H groups in total. The third kappa shape index (κ3) is 5.25. The molecular formula is C23H25BrO7. The smallest absolute Gasteiger partial charge is 0.200 e. The fraction of sp³-hybridized carbons (Fsp3) is 0.348. The number of phenolic OH excluding ortho intramolecular Hbond substituents is 2. The summed E-state index contributed by atoms with van der Waals surface area (Å²) in [5, 5.41) is 21.5. The van der Waals surface area contributed by atoms with E-state index in [1.165, 1.54) is 38.5 Å². The van der Waals surface area contributed by atoms with E-state index in [2.05, 4.69) is 15.9 Å². The molecule has 31 heavy (non-hydrogen) atoms. The molecule has 0 unspecified atom stereocenters. The van der Waals surface area contributed by atoms with Crippen LogP contribution in [0.15, 0.2) is 39.5 Å². The van der Waals surface area contributed by atoms with Gasteiger partial charge in [0, 0.05) is 29.1 Å². The highest BCUT2D eigenvalue weighted by atomic mass is 79.9. The van der Waals surface area contributed by atoms with Crippen molar-refractivity contribution in [3.8, 4) is 40.1 Å². The minimum Gasteiger partial charge on any atom is -0.507 e. The zero-order chi connectivity index (χ0) is 22.4. The van der Waals surface area contributed by atoms with Crippen molar-refractivity contribution in [1.82, 2.24) is 0 Å². The maximum absolute atomic E-state index is 12.7. The second kappa shape index (κ2) is 10.4. The van der Waals surface area contributed by atoms with E-state index in [1.54, 1.807) is 6.07 Å². The van der Waals surface area contributed by atoms with E-state index in [1.807, 2.05) is 0 Å². The number of ether oxygens (including phenoxy) is 3. The number of fused-ring (bicyclic) bond motifs is 1. The maximum atomic E-state index is 12.7. The van der Waals surface area contributed by atoms with Crippen molar-refractivity contribution in [3.05, 3.63) is 40.6 Å². The van der Waals surface area contributed by atoms with Gasteiger partial charge >= 0.3 is 0 Å². The molecule has 0 amide bonds. The normalized spacial score (nSPS) is 10.9. The molecule has 166 valence electrons. The van der Waals surface area contributed by atoms with Gasteiger partial charge in [-0.05, 0) is 25.0 Å². The van der Waals surface area contributed by atoms with E-state index in [-0.39, 0.29) is 39.7 Å². The first-order valence-electron chi connectivity index (χ1n) is 9.93. The molecule has 0 aliphatic carbocycles. The molecule has 1 heterocycles. The lowest BCUT2D eigenvalue weighted by molar-refractivity contribution is 0.303. The van der Waals surface area contributed by atoms with Gasteiger partial charge in [0.05, 0.1) is 20.8 Å². The summed E-state index contributed by atoms with van der Waals surface area (Å²) in [6.45, 7) is 0.503. The van der Waals surface area contributed by atoms with Gasteiger partial charge in [-0.2, -0.15) is 0 Å². The van der Waals surface area contributed by atoms with Crippen molar-refractivity contribution in [1.29, 1.82) is 0 Å². The van der Waals surface area contributed by atoms with Gasteiger partial charge in [-0.25, -0.2) is 0 Å². The highest BCUT2D eigenvalue weighted by Crippen LogP contribution is 2.41. The molecule has 3 rings (SSSR count). The molecule has 0 spiro atoms. The Balaban J connectivity index is 1.94. The van der Waals surface area contributed by atoms with Crippen LogP contribution >= 0.6 is 15.9 Å². The van der Waals surface area contributed by atoms with Crippen LogP contribution in [-0.4, -0.2) is 36.4 Å². The molecule has 0 saturated heterocycles. The largest absolute Gasteiger partial charge is 0.507 e. The van der Waals surface area contributed by atoms with Crippen LogP contribution in [0, 0.1) is 0 Å². The topological polar surface area (TPSA) is 98.4 Å². The molecular weight excluding hydrogens is 468 g/mol. The number of aromatic hydroxyl groups is 2. The molecule has 0 aliphatic heterocycles. The molecule has 3 aromatic rings. The third-order valence-corrected chi connectivity index (χ3v) is 5.41. The Morgan fingerprint density at radius 1 is 0.935 bits per heavy atom. The van der Waals surface area contributed by atoms with Gasteiger partial charge in [0.15, 0.2) is 16.9 Å². The summed E-state index contributed by atoms with van der Waals surface area (Å²) in [5.74, 6) is 0.662. The predicted molar refractivity (Wildman–Crippen MR) is 122 cm³/mol. The van der Waals surface area contributed by atoms with Crippen LogP contribution in [0.25, 0.3) is 22.3 Å². The van der Waals surface area contributed by atoms with Gasteiger partial charge in [0.1, 0.15) is 28.2 Å². The molecule has 2 aromatic carbocycles. The number of rotatable bonds is 10. The van der Waals surface area contributed by atoms with Gasteiger partial charge in [-0.15, -0.1) is 0 Å². The molecule has 1 aromatic heterocycles. The van der Waals surface area contributed by atoms with E-state index in [9.17, 15) is 15.0 Å². The third-order valence-electron chi connectivity index (χ3n) is 4.84. The monoisotopic (exact) mass is 492 g/mol. The number of unbranched alkanes of at least 4 members (excludes halogenated alkanes) is 3. The van der Waals surface area contributed by atoms with Gasteiger partial charge in [-0.3, -0.25) is 4.79 Å². The van der Waals surface area contributed by atoms with Gasteiger partial charge in [0.2, 0.25) is 5.75 Å². The number of methoxy groups -OCH3 is 2. The first kappa shape index (κ1) is 22.8. The summed E-state index contributed by atoms with van der Waals surface area (Å²) < 4.78 is 22.0. The Morgan fingerprint density at radius 2 is 1.61 bits per heavy atom. The van der Waals surface area contributed by atoms with Crippen LogP contribution < -0.4 is 19.6 Å². The Kier molecular flexibility index (Phi) is 7.68. The molecule has 0 radical (unpaired) electrons. The van der Waals surface area contributed by atoms with Crippen LogP contribution in [0.4, 0.5) is 0 Å². The maximum Gasteiger partial charge on any atom is 0.200 e. The number of benzene rings is 2. The summed E-state index contributed by atoms with van der Waals surface area (Å²) in [4.78, 5) is 12.7. The van der Waals surface area contributed by atoms with Gasteiger partial charge in [-0.1, -0.05) is 28.8 Å². The first-order chi connectivity index (χ1) is 15.0. The SMILES string of the molecule is COc1cc(-c2cc(=O)c3c(O)cc(OCCCCCCBr)cc3o2)cc(OC)c1O. The van der Waals surface area contributed by atoms with Crippen LogP contribution in [0.5, 0.6) is 28.7 Å². The molecule has 7 nitrogen and oxygen atoms in total. The Bertz CT molecular complexity index is 1080. The Labute approximate surface area is 188 Å². The molecule has 0 aliphatic rings. The number of hydrogen-bond acceptors (Lipinski definition) is 7. The summed E-state index contributed by atoms with van der Waals surface area (Å²) in [5.41, 5.74) is 0.270. The van der Waals surface area contributed by atoms with Crippen molar-refractivity contribution < 1.29 is 28.8 Å². The molecule has 0 atom stereocenters. The van der Waals surface area contributed by atoms with Crippen LogP contribution in [0.2, 0.25) is 0 Å². The highest BCUT2D eigenvalue weighted by Gasteiger charge is 2.17. The van der Waals surface area contributed by atoms with Gasteiger partial charge < -0.3 is 28.8 Å². The summed E-state index contributed by atoms with van der Waals surface area (Å²) in [6.07, 6.45) is 4.19. The Hall–Kier alpha value is -2.87. The van der Waals surface area contributed by atoms with Crippen molar-refractivity contribution in [2.75, 3.05) is 26.2 Å². The average Bonchev–Trinajstić information content (AvgIpc) is 2.75. The number of halogens is 1. The molecule has 0 saturated carbocycles. The number of phenols is 2. The van der Waals surface area contributed by atoms with Crippen LogP contribution in [-0.2, 0) is 0 Å². The fourth-order valence-corrected chi connectivity index (χ4v) is 3.64. The van der Waals surface area contributed by atoms with E-state index < -0.39 is 5.43 Å². The highest BCUT2D eigenvalue weighted by molar-refractivity contribution is 9.09. The first-order valence-corrected chi connectivity index (χ1v) is 11.1. The average molecular weight is 493 g/mol. The van der Waals surface area contributed by atoms with Crippen molar-refractivity contribution in [2.45, 2.75) is 25.7 Å².